The Hall–Kier alpha value is -1.26. The van der Waals surface area contributed by atoms with E-state index in [-0.39, 0.29) is 0 Å². The smallest absolute Gasteiger partial charge is 0.195 e. The van der Waals surface area contributed by atoms with Crippen LogP contribution in [0, 0.1) is 0 Å². The van der Waals surface area contributed by atoms with Gasteiger partial charge in [0.15, 0.2) is 5.79 Å². The first-order chi connectivity index (χ1) is 8.16. The molecule has 1 aromatic rings. The lowest BCUT2D eigenvalue weighted by atomic mass is 9.93. The van der Waals surface area contributed by atoms with E-state index in [1.807, 2.05) is 19.1 Å². The van der Waals surface area contributed by atoms with Crippen LogP contribution >= 0.6 is 0 Å². The van der Waals surface area contributed by atoms with Gasteiger partial charge in [-0.3, -0.25) is 0 Å². The molecule has 2 rings (SSSR count). The monoisotopic (exact) mass is 238 g/mol. The molecule has 1 aliphatic heterocycles. The van der Waals surface area contributed by atoms with Crippen molar-refractivity contribution in [3.63, 3.8) is 0 Å². The van der Waals surface area contributed by atoms with Gasteiger partial charge in [-0.2, -0.15) is 0 Å². The Morgan fingerprint density at radius 2 is 1.76 bits per heavy atom. The molecule has 0 aromatic heterocycles. The van der Waals surface area contributed by atoms with Crippen molar-refractivity contribution in [3.8, 4) is 11.5 Å². The van der Waals surface area contributed by atoms with Crippen LogP contribution in [0.2, 0.25) is 0 Å². The van der Waals surface area contributed by atoms with Gasteiger partial charge < -0.3 is 18.9 Å². The lowest BCUT2D eigenvalue weighted by Gasteiger charge is -2.36. The fourth-order valence-electron chi connectivity index (χ4n) is 2.30. The minimum absolute atomic E-state index is 0.612. The summed E-state index contributed by atoms with van der Waals surface area (Å²) < 4.78 is 22.0. The van der Waals surface area contributed by atoms with Gasteiger partial charge in [-0.15, -0.1) is 0 Å². The lowest BCUT2D eigenvalue weighted by molar-refractivity contribution is -0.226. The number of ether oxygens (including phenoxy) is 4. The zero-order valence-corrected chi connectivity index (χ0v) is 10.7. The van der Waals surface area contributed by atoms with Crippen molar-refractivity contribution < 1.29 is 18.9 Å². The van der Waals surface area contributed by atoms with Crippen LogP contribution in [0.3, 0.4) is 0 Å². The molecular formula is C13H18O4. The predicted molar refractivity (Wildman–Crippen MR) is 63.6 cm³/mol. The average molecular weight is 238 g/mol. The highest BCUT2D eigenvalue weighted by molar-refractivity contribution is 5.51. The SMILES string of the molecule is COc1ccc(OC)c2c1CCOC2(C)OC. The van der Waals surface area contributed by atoms with Gasteiger partial charge in [-0.25, -0.2) is 0 Å². The third-order valence-corrected chi connectivity index (χ3v) is 3.24. The third-order valence-electron chi connectivity index (χ3n) is 3.24. The number of rotatable bonds is 3. The van der Waals surface area contributed by atoms with E-state index in [1.165, 1.54) is 0 Å². The first-order valence-electron chi connectivity index (χ1n) is 5.59. The molecule has 0 saturated heterocycles. The Labute approximate surface area is 101 Å². The molecular weight excluding hydrogens is 220 g/mol. The van der Waals surface area contributed by atoms with Gasteiger partial charge in [0, 0.05) is 19.1 Å². The van der Waals surface area contributed by atoms with Crippen molar-refractivity contribution in [1.29, 1.82) is 0 Å². The lowest BCUT2D eigenvalue weighted by Crippen LogP contribution is -2.35. The molecule has 17 heavy (non-hydrogen) atoms. The summed E-state index contributed by atoms with van der Waals surface area (Å²) >= 11 is 0. The molecule has 1 aliphatic rings. The van der Waals surface area contributed by atoms with E-state index in [9.17, 15) is 0 Å². The fourth-order valence-corrected chi connectivity index (χ4v) is 2.30. The minimum atomic E-state index is -0.770. The molecule has 94 valence electrons. The molecule has 0 radical (unpaired) electrons. The first-order valence-corrected chi connectivity index (χ1v) is 5.59. The van der Waals surface area contributed by atoms with E-state index in [0.29, 0.717) is 6.61 Å². The van der Waals surface area contributed by atoms with Crippen LogP contribution in [0.5, 0.6) is 11.5 Å². The van der Waals surface area contributed by atoms with Crippen LogP contribution in [0.15, 0.2) is 12.1 Å². The molecule has 0 N–H and O–H groups in total. The second-order valence-corrected chi connectivity index (χ2v) is 4.07. The van der Waals surface area contributed by atoms with Crippen LogP contribution in [-0.4, -0.2) is 27.9 Å². The summed E-state index contributed by atoms with van der Waals surface area (Å²) in [6.07, 6.45) is 0.800. The van der Waals surface area contributed by atoms with E-state index in [0.717, 1.165) is 29.0 Å². The Bertz CT molecular complexity index is 416. The highest BCUT2D eigenvalue weighted by Crippen LogP contribution is 2.43. The topological polar surface area (TPSA) is 36.9 Å². The molecule has 1 unspecified atom stereocenters. The van der Waals surface area contributed by atoms with E-state index < -0.39 is 5.79 Å². The molecule has 0 aliphatic carbocycles. The quantitative estimate of drug-likeness (QED) is 0.808. The minimum Gasteiger partial charge on any atom is -0.496 e. The summed E-state index contributed by atoms with van der Waals surface area (Å²) in [4.78, 5) is 0. The highest BCUT2D eigenvalue weighted by Gasteiger charge is 2.37. The summed E-state index contributed by atoms with van der Waals surface area (Å²) in [5.74, 6) is 0.852. The van der Waals surface area contributed by atoms with Crippen LogP contribution in [0.25, 0.3) is 0 Å². The average Bonchev–Trinajstić information content (AvgIpc) is 2.38. The van der Waals surface area contributed by atoms with Crippen molar-refractivity contribution >= 4 is 0 Å². The van der Waals surface area contributed by atoms with Crippen molar-refractivity contribution in [3.05, 3.63) is 23.3 Å². The van der Waals surface area contributed by atoms with Crippen LogP contribution in [-0.2, 0) is 21.7 Å². The van der Waals surface area contributed by atoms with Gasteiger partial charge in [0.1, 0.15) is 11.5 Å². The van der Waals surface area contributed by atoms with Gasteiger partial charge in [-0.1, -0.05) is 0 Å². The summed E-state index contributed by atoms with van der Waals surface area (Å²) in [6, 6.07) is 3.79. The number of hydrogen-bond donors (Lipinski definition) is 0. The van der Waals surface area contributed by atoms with E-state index in [2.05, 4.69) is 0 Å². The zero-order valence-electron chi connectivity index (χ0n) is 10.7. The molecule has 1 heterocycles. The van der Waals surface area contributed by atoms with Crippen molar-refractivity contribution in [1.82, 2.24) is 0 Å². The van der Waals surface area contributed by atoms with Crippen LogP contribution < -0.4 is 9.47 Å². The second kappa shape index (κ2) is 4.55. The summed E-state index contributed by atoms with van der Waals surface area (Å²) in [5.41, 5.74) is 2.02. The maximum atomic E-state index is 5.73. The van der Waals surface area contributed by atoms with E-state index >= 15 is 0 Å². The van der Waals surface area contributed by atoms with Crippen molar-refractivity contribution in [2.75, 3.05) is 27.9 Å². The molecule has 0 amide bonds. The normalized spacial score (nSPS) is 23.1. The largest absolute Gasteiger partial charge is 0.496 e. The molecule has 0 spiro atoms. The van der Waals surface area contributed by atoms with Gasteiger partial charge in [0.05, 0.1) is 26.4 Å². The molecule has 1 atom stereocenters. The van der Waals surface area contributed by atoms with Gasteiger partial charge >= 0.3 is 0 Å². The summed E-state index contributed by atoms with van der Waals surface area (Å²) in [5, 5.41) is 0. The Morgan fingerprint density at radius 3 is 2.35 bits per heavy atom. The predicted octanol–water partition coefficient (Wildman–Crippen LogP) is 2.10. The van der Waals surface area contributed by atoms with Crippen LogP contribution in [0.4, 0.5) is 0 Å². The first kappa shape index (κ1) is 12.2. The molecule has 0 saturated carbocycles. The van der Waals surface area contributed by atoms with Gasteiger partial charge in [-0.05, 0) is 19.1 Å². The number of fused-ring (bicyclic) bond motifs is 1. The highest BCUT2D eigenvalue weighted by atomic mass is 16.7. The number of benzene rings is 1. The molecule has 4 nitrogen and oxygen atoms in total. The second-order valence-electron chi connectivity index (χ2n) is 4.07. The molecule has 4 heteroatoms. The van der Waals surface area contributed by atoms with Gasteiger partial charge in [0.2, 0.25) is 0 Å². The number of methoxy groups -OCH3 is 3. The zero-order chi connectivity index (χ0) is 12.5. The summed E-state index contributed by atoms with van der Waals surface area (Å²) in [6.45, 7) is 2.51. The number of hydrogen-bond acceptors (Lipinski definition) is 4. The standard InChI is InChI=1S/C13H18O4/c1-13(16-4)12-9(7-8-17-13)10(14-2)5-6-11(12)15-3/h5-6H,7-8H2,1-4H3. The Balaban J connectivity index is 2.64. The summed E-state index contributed by atoms with van der Waals surface area (Å²) in [7, 11) is 4.95. The maximum absolute atomic E-state index is 5.73. The van der Waals surface area contributed by atoms with Crippen molar-refractivity contribution in [2.24, 2.45) is 0 Å². The molecule has 0 fully saturated rings. The van der Waals surface area contributed by atoms with E-state index in [4.69, 9.17) is 18.9 Å². The third kappa shape index (κ3) is 1.87. The van der Waals surface area contributed by atoms with Gasteiger partial charge in [0.25, 0.3) is 0 Å². The Kier molecular flexibility index (Phi) is 3.26. The fraction of sp³-hybridized carbons (Fsp3) is 0.538. The molecule has 1 aromatic carbocycles. The van der Waals surface area contributed by atoms with E-state index in [1.54, 1.807) is 21.3 Å². The Morgan fingerprint density at radius 1 is 1.12 bits per heavy atom. The van der Waals surface area contributed by atoms with Crippen LogP contribution in [0.1, 0.15) is 18.1 Å². The maximum Gasteiger partial charge on any atom is 0.195 e. The van der Waals surface area contributed by atoms with Crippen molar-refractivity contribution in [2.45, 2.75) is 19.1 Å². The molecule has 0 bridgehead atoms.